The highest BCUT2D eigenvalue weighted by Gasteiger charge is 2.23. The largest absolute Gasteiger partial charge is 0.306 e. The third-order valence-corrected chi connectivity index (χ3v) is 3.19. The molecule has 0 bridgehead atoms. The monoisotopic (exact) mass is 257 g/mol. The number of anilines is 1. The lowest BCUT2D eigenvalue weighted by molar-refractivity contribution is -0.117. The van der Waals surface area contributed by atoms with E-state index in [1.54, 1.807) is 10.9 Å². The van der Waals surface area contributed by atoms with Crippen LogP contribution >= 0.6 is 0 Å². The molecule has 1 aromatic heterocycles. The molecule has 1 amide bonds. The van der Waals surface area contributed by atoms with E-state index >= 15 is 0 Å². The van der Waals surface area contributed by atoms with E-state index < -0.39 is 0 Å². The number of amides is 1. The molecule has 6 heteroatoms. The molecule has 0 spiro atoms. The van der Waals surface area contributed by atoms with Gasteiger partial charge in [-0.15, -0.1) is 10.2 Å². The van der Waals surface area contributed by atoms with Gasteiger partial charge in [0.05, 0.1) is 11.7 Å². The number of carbonyl (C=O) groups is 1. The first kappa shape index (κ1) is 11.9. The molecule has 1 fully saturated rings. The lowest BCUT2D eigenvalue weighted by Crippen LogP contribution is -2.36. The van der Waals surface area contributed by atoms with Gasteiger partial charge in [0, 0.05) is 0 Å². The molecule has 1 aliphatic rings. The zero-order valence-corrected chi connectivity index (χ0v) is 10.4. The Morgan fingerprint density at radius 1 is 1.37 bits per heavy atom. The summed E-state index contributed by atoms with van der Waals surface area (Å²) in [7, 11) is 0. The minimum Gasteiger partial charge on any atom is -0.306 e. The van der Waals surface area contributed by atoms with Crippen molar-refractivity contribution in [2.45, 2.75) is 18.9 Å². The molecule has 19 heavy (non-hydrogen) atoms. The molecule has 2 N–H and O–H groups in total. The number of rotatable bonds is 3. The number of para-hydroxylation sites is 1. The fourth-order valence-corrected chi connectivity index (χ4v) is 2.20. The molecule has 1 aliphatic heterocycles. The quantitative estimate of drug-likeness (QED) is 0.859. The summed E-state index contributed by atoms with van der Waals surface area (Å²) in [4.78, 5) is 12.0. The average Bonchev–Trinajstić information content (AvgIpc) is 3.11. The number of carbonyl (C=O) groups excluding carboxylic acids is 1. The maximum Gasteiger partial charge on any atom is 0.243 e. The molecule has 1 saturated heterocycles. The van der Waals surface area contributed by atoms with E-state index in [4.69, 9.17) is 0 Å². The van der Waals surface area contributed by atoms with Gasteiger partial charge in [-0.2, -0.15) is 0 Å². The van der Waals surface area contributed by atoms with E-state index in [-0.39, 0.29) is 11.9 Å². The standard InChI is InChI=1S/C13H15N5O/c19-12(11-7-4-8-14-11)16-13-17-15-9-18(13)10-5-2-1-3-6-10/h1-3,5-6,9,11,14H,4,7-8H2,(H,16,17,19). The van der Waals surface area contributed by atoms with Crippen molar-refractivity contribution in [3.05, 3.63) is 36.7 Å². The fourth-order valence-electron chi connectivity index (χ4n) is 2.20. The molecule has 1 atom stereocenters. The topological polar surface area (TPSA) is 71.8 Å². The summed E-state index contributed by atoms with van der Waals surface area (Å²) in [6, 6.07) is 9.55. The second-order valence-corrected chi connectivity index (χ2v) is 4.50. The fraction of sp³-hybridized carbons (Fsp3) is 0.308. The number of nitrogens with zero attached hydrogens (tertiary/aromatic N) is 3. The smallest absolute Gasteiger partial charge is 0.243 e. The number of hydrogen-bond acceptors (Lipinski definition) is 4. The molecule has 1 unspecified atom stereocenters. The number of aromatic nitrogens is 3. The Hall–Kier alpha value is -2.21. The first-order valence-corrected chi connectivity index (χ1v) is 6.34. The molecular formula is C13H15N5O. The molecule has 2 heterocycles. The zero-order valence-electron chi connectivity index (χ0n) is 10.4. The maximum absolute atomic E-state index is 12.0. The number of nitrogens with one attached hydrogen (secondary N) is 2. The first-order valence-electron chi connectivity index (χ1n) is 6.34. The Labute approximate surface area is 110 Å². The van der Waals surface area contributed by atoms with Crippen molar-refractivity contribution in [3.63, 3.8) is 0 Å². The van der Waals surface area contributed by atoms with Crippen LogP contribution in [0.1, 0.15) is 12.8 Å². The van der Waals surface area contributed by atoms with Crippen molar-refractivity contribution in [1.82, 2.24) is 20.1 Å². The Morgan fingerprint density at radius 2 is 2.21 bits per heavy atom. The lowest BCUT2D eigenvalue weighted by atomic mass is 10.2. The summed E-state index contributed by atoms with van der Waals surface area (Å²) in [5, 5.41) is 13.8. The van der Waals surface area contributed by atoms with Gasteiger partial charge in [0.15, 0.2) is 0 Å². The minimum absolute atomic E-state index is 0.0531. The van der Waals surface area contributed by atoms with Gasteiger partial charge in [-0.3, -0.25) is 14.7 Å². The summed E-state index contributed by atoms with van der Waals surface area (Å²) >= 11 is 0. The van der Waals surface area contributed by atoms with E-state index in [1.807, 2.05) is 30.3 Å². The minimum atomic E-state index is -0.124. The summed E-state index contributed by atoms with van der Waals surface area (Å²) in [6.07, 6.45) is 3.49. The van der Waals surface area contributed by atoms with Crippen molar-refractivity contribution in [2.24, 2.45) is 0 Å². The van der Waals surface area contributed by atoms with Crippen LogP contribution in [-0.2, 0) is 4.79 Å². The van der Waals surface area contributed by atoms with Gasteiger partial charge >= 0.3 is 0 Å². The van der Waals surface area contributed by atoms with Gasteiger partial charge in [0.2, 0.25) is 11.9 Å². The molecule has 1 aromatic carbocycles. The summed E-state index contributed by atoms with van der Waals surface area (Å²) in [5.74, 6) is 0.396. The van der Waals surface area contributed by atoms with Gasteiger partial charge in [0.1, 0.15) is 6.33 Å². The Kier molecular flexibility index (Phi) is 3.24. The lowest BCUT2D eigenvalue weighted by Gasteiger charge is -2.11. The van der Waals surface area contributed by atoms with Gasteiger partial charge in [0.25, 0.3) is 0 Å². The summed E-state index contributed by atoms with van der Waals surface area (Å²) in [6.45, 7) is 0.892. The SMILES string of the molecule is O=C(Nc1nncn1-c1ccccc1)C1CCCN1. The van der Waals surface area contributed by atoms with E-state index in [0.29, 0.717) is 5.95 Å². The maximum atomic E-state index is 12.0. The van der Waals surface area contributed by atoms with Gasteiger partial charge in [-0.1, -0.05) is 18.2 Å². The third-order valence-electron chi connectivity index (χ3n) is 3.19. The van der Waals surface area contributed by atoms with Gasteiger partial charge < -0.3 is 5.32 Å². The van der Waals surface area contributed by atoms with Crippen molar-refractivity contribution in [1.29, 1.82) is 0 Å². The predicted molar refractivity (Wildman–Crippen MR) is 71.0 cm³/mol. The second kappa shape index (κ2) is 5.19. The Balaban J connectivity index is 1.79. The van der Waals surface area contributed by atoms with Crippen LogP contribution < -0.4 is 10.6 Å². The number of hydrogen-bond donors (Lipinski definition) is 2. The Morgan fingerprint density at radius 3 is 2.95 bits per heavy atom. The molecule has 3 rings (SSSR count). The molecule has 0 radical (unpaired) electrons. The average molecular weight is 257 g/mol. The van der Waals surface area contributed by atoms with Crippen LogP contribution in [0.2, 0.25) is 0 Å². The van der Waals surface area contributed by atoms with Crippen LogP contribution in [0.15, 0.2) is 36.7 Å². The first-order chi connectivity index (χ1) is 9.34. The molecule has 0 aliphatic carbocycles. The van der Waals surface area contributed by atoms with Crippen LogP contribution in [0.5, 0.6) is 0 Å². The molecule has 0 saturated carbocycles. The zero-order chi connectivity index (χ0) is 13.1. The van der Waals surface area contributed by atoms with Crippen LogP contribution in [-0.4, -0.2) is 33.3 Å². The van der Waals surface area contributed by atoms with Gasteiger partial charge in [-0.05, 0) is 31.5 Å². The molecule has 6 nitrogen and oxygen atoms in total. The van der Waals surface area contributed by atoms with Crippen molar-refractivity contribution >= 4 is 11.9 Å². The van der Waals surface area contributed by atoms with E-state index in [2.05, 4.69) is 20.8 Å². The highest BCUT2D eigenvalue weighted by molar-refractivity contribution is 5.93. The summed E-state index contributed by atoms with van der Waals surface area (Å²) in [5.41, 5.74) is 0.919. The number of benzene rings is 1. The second-order valence-electron chi connectivity index (χ2n) is 4.50. The van der Waals surface area contributed by atoms with Crippen molar-refractivity contribution in [2.75, 3.05) is 11.9 Å². The van der Waals surface area contributed by atoms with Crippen LogP contribution in [0, 0.1) is 0 Å². The normalized spacial score (nSPS) is 18.4. The predicted octanol–water partition coefficient (Wildman–Crippen LogP) is 0.958. The summed E-state index contributed by atoms with van der Waals surface area (Å²) < 4.78 is 1.76. The van der Waals surface area contributed by atoms with Crippen molar-refractivity contribution in [3.8, 4) is 5.69 Å². The van der Waals surface area contributed by atoms with Crippen molar-refractivity contribution < 1.29 is 4.79 Å². The highest BCUT2D eigenvalue weighted by Crippen LogP contribution is 2.14. The van der Waals surface area contributed by atoms with E-state index in [9.17, 15) is 4.79 Å². The van der Waals surface area contributed by atoms with Crippen LogP contribution in [0.25, 0.3) is 5.69 Å². The molecular weight excluding hydrogens is 242 g/mol. The highest BCUT2D eigenvalue weighted by atomic mass is 16.2. The third kappa shape index (κ3) is 2.48. The van der Waals surface area contributed by atoms with Crippen LogP contribution in [0.3, 0.4) is 0 Å². The molecule has 98 valence electrons. The van der Waals surface area contributed by atoms with Gasteiger partial charge in [-0.25, -0.2) is 0 Å². The molecule has 2 aromatic rings. The van der Waals surface area contributed by atoms with E-state index in [1.165, 1.54) is 0 Å². The van der Waals surface area contributed by atoms with E-state index in [0.717, 1.165) is 25.1 Å². The Bertz CT molecular complexity index is 559. The van der Waals surface area contributed by atoms with Crippen LogP contribution in [0.4, 0.5) is 5.95 Å².